The van der Waals surface area contributed by atoms with Crippen LogP contribution in [0.15, 0.2) is 16.9 Å². The van der Waals surface area contributed by atoms with Crippen molar-refractivity contribution in [2.75, 3.05) is 13.6 Å². The molecule has 0 fully saturated rings. The number of carbonyl (C=O) groups is 1. The first-order valence-electron chi connectivity index (χ1n) is 6.61. The number of nitrogens with one attached hydrogen (secondary N) is 2. The summed E-state index contributed by atoms with van der Waals surface area (Å²) in [6, 6.07) is 1.42. The second-order valence-corrected chi connectivity index (χ2v) is 5.16. The molecule has 1 unspecified atom stereocenters. The minimum atomic E-state index is -1.11. The second kappa shape index (κ2) is 5.06. The predicted octanol–water partition coefficient (Wildman–Crippen LogP) is 1.56. The summed E-state index contributed by atoms with van der Waals surface area (Å²) >= 11 is 0. The number of rotatable bonds is 1. The van der Waals surface area contributed by atoms with E-state index in [0.717, 1.165) is 17.0 Å². The molecule has 1 aliphatic heterocycles. The molecule has 1 aromatic heterocycles. The molecular weight excluding hydrogens is 296 g/mol. The Labute approximate surface area is 123 Å². The van der Waals surface area contributed by atoms with Gasteiger partial charge in [0.2, 0.25) is 0 Å². The highest BCUT2D eigenvalue weighted by Gasteiger charge is 2.30. The molecule has 2 aromatic rings. The number of carboxylic acid groups (broad SMARTS) is 1. The van der Waals surface area contributed by atoms with Gasteiger partial charge in [0.1, 0.15) is 0 Å². The fraction of sp³-hybridized carbons (Fsp3) is 0.286. The third kappa shape index (κ3) is 2.12. The van der Waals surface area contributed by atoms with Crippen LogP contribution < -0.4 is 10.9 Å². The number of aromatic amines is 1. The minimum Gasteiger partial charge on any atom is -0.465 e. The average molecular weight is 309 g/mol. The highest BCUT2D eigenvalue weighted by molar-refractivity contribution is 5.86. The molecule has 0 saturated carbocycles. The molecule has 0 spiro atoms. The van der Waals surface area contributed by atoms with Gasteiger partial charge in [0.25, 0.3) is 5.56 Å². The Morgan fingerprint density at radius 2 is 2.00 bits per heavy atom. The third-order valence-corrected chi connectivity index (χ3v) is 3.90. The van der Waals surface area contributed by atoms with Gasteiger partial charge in [-0.1, -0.05) is 0 Å². The van der Waals surface area contributed by atoms with Crippen molar-refractivity contribution in [2.45, 2.75) is 12.6 Å². The van der Waals surface area contributed by atoms with Gasteiger partial charge in [-0.15, -0.1) is 0 Å². The van der Waals surface area contributed by atoms with Gasteiger partial charge in [0, 0.05) is 17.8 Å². The lowest BCUT2D eigenvalue weighted by Gasteiger charge is -2.33. The molecule has 2 heterocycles. The number of hydrogen-bond donors (Lipinski definition) is 3. The van der Waals surface area contributed by atoms with Gasteiger partial charge >= 0.3 is 6.09 Å². The lowest BCUT2D eigenvalue weighted by Crippen LogP contribution is -2.42. The maximum absolute atomic E-state index is 13.6. The van der Waals surface area contributed by atoms with Crippen molar-refractivity contribution in [3.05, 3.63) is 45.4 Å². The van der Waals surface area contributed by atoms with Crippen LogP contribution in [0.2, 0.25) is 0 Å². The number of nitrogens with zero attached hydrogens (tertiary/aromatic N) is 1. The van der Waals surface area contributed by atoms with Crippen LogP contribution in [0.1, 0.15) is 17.3 Å². The van der Waals surface area contributed by atoms with Gasteiger partial charge in [-0.25, -0.2) is 13.6 Å². The molecule has 1 aliphatic rings. The number of halogens is 2. The Morgan fingerprint density at radius 1 is 1.36 bits per heavy atom. The van der Waals surface area contributed by atoms with Crippen molar-refractivity contribution in [1.29, 1.82) is 0 Å². The van der Waals surface area contributed by atoms with Gasteiger partial charge in [0.05, 0.1) is 18.0 Å². The zero-order valence-electron chi connectivity index (χ0n) is 11.6. The van der Waals surface area contributed by atoms with Crippen molar-refractivity contribution in [2.24, 2.45) is 0 Å². The summed E-state index contributed by atoms with van der Waals surface area (Å²) < 4.78 is 27.0. The third-order valence-electron chi connectivity index (χ3n) is 3.90. The van der Waals surface area contributed by atoms with Gasteiger partial charge in [0.15, 0.2) is 11.6 Å². The average Bonchev–Trinajstić information content (AvgIpc) is 2.48. The van der Waals surface area contributed by atoms with E-state index < -0.39 is 29.3 Å². The first-order valence-corrected chi connectivity index (χ1v) is 6.61. The molecule has 0 saturated heterocycles. The SMILES string of the molecule is CNC1CN(C(=O)O)Cc2[nH]c(=O)c3cc(F)c(F)cc3c21. The summed E-state index contributed by atoms with van der Waals surface area (Å²) in [7, 11) is 1.64. The second-order valence-electron chi connectivity index (χ2n) is 5.16. The predicted molar refractivity (Wildman–Crippen MR) is 74.7 cm³/mol. The quantitative estimate of drug-likeness (QED) is 0.746. The summed E-state index contributed by atoms with van der Waals surface area (Å²) in [5.41, 5.74) is 0.403. The van der Waals surface area contributed by atoms with Crippen molar-refractivity contribution in [3.63, 3.8) is 0 Å². The molecule has 1 amide bonds. The highest BCUT2D eigenvalue weighted by Crippen LogP contribution is 2.31. The van der Waals surface area contributed by atoms with E-state index in [9.17, 15) is 18.4 Å². The topological polar surface area (TPSA) is 85.4 Å². The van der Waals surface area contributed by atoms with Crippen LogP contribution in [0, 0.1) is 11.6 Å². The molecule has 0 bridgehead atoms. The molecular formula is C14H13F2N3O3. The summed E-state index contributed by atoms with van der Waals surface area (Å²) in [4.78, 5) is 26.9. The van der Waals surface area contributed by atoms with Crippen molar-refractivity contribution in [3.8, 4) is 0 Å². The number of H-pyrrole nitrogens is 1. The summed E-state index contributed by atoms with van der Waals surface area (Å²) in [6.45, 7) is 0.145. The zero-order valence-corrected chi connectivity index (χ0v) is 11.6. The number of fused-ring (bicyclic) bond motifs is 3. The van der Waals surface area contributed by atoms with E-state index in [0.29, 0.717) is 16.6 Å². The molecule has 116 valence electrons. The molecule has 22 heavy (non-hydrogen) atoms. The minimum absolute atomic E-state index is 0.00692. The molecule has 1 aromatic carbocycles. The fourth-order valence-electron chi connectivity index (χ4n) is 2.86. The number of hydrogen-bond acceptors (Lipinski definition) is 3. The van der Waals surface area contributed by atoms with Gasteiger partial charge in [-0.3, -0.25) is 4.79 Å². The zero-order chi connectivity index (χ0) is 16.0. The van der Waals surface area contributed by atoms with E-state index in [-0.39, 0.29) is 18.5 Å². The van der Waals surface area contributed by atoms with E-state index >= 15 is 0 Å². The Balaban J connectivity index is 2.31. The van der Waals surface area contributed by atoms with Crippen LogP contribution >= 0.6 is 0 Å². The number of aromatic nitrogens is 1. The number of likely N-dealkylation sites (N-methyl/N-ethyl adjacent to an activating group) is 1. The first-order chi connectivity index (χ1) is 10.4. The van der Waals surface area contributed by atoms with Crippen LogP contribution in [0.25, 0.3) is 10.8 Å². The summed E-state index contributed by atoms with van der Waals surface area (Å²) in [5.74, 6) is -2.14. The molecule has 6 nitrogen and oxygen atoms in total. The monoisotopic (exact) mass is 309 g/mol. The molecule has 0 radical (unpaired) electrons. The van der Waals surface area contributed by atoms with Gasteiger partial charge < -0.3 is 20.3 Å². The number of benzene rings is 1. The lowest BCUT2D eigenvalue weighted by molar-refractivity contribution is 0.131. The molecule has 3 N–H and O–H groups in total. The fourth-order valence-corrected chi connectivity index (χ4v) is 2.86. The molecule has 1 atom stereocenters. The Morgan fingerprint density at radius 3 is 2.59 bits per heavy atom. The Kier molecular flexibility index (Phi) is 3.32. The van der Waals surface area contributed by atoms with Crippen molar-refractivity contribution < 1.29 is 18.7 Å². The maximum Gasteiger partial charge on any atom is 0.407 e. The lowest BCUT2D eigenvalue weighted by atomic mass is 9.94. The Bertz CT molecular complexity index is 834. The van der Waals surface area contributed by atoms with Crippen LogP contribution in [0.3, 0.4) is 0 Å². The van der Waals surface area contributed by atoms with E-state index in [1.165, 1.54) is 0 Å². The van der Waals surface area contributed by atoms with E-state index in [1.807, 2.05) is 0 Å². The Hall–Kier alpha value is -2.48. The van der Waals surface area contributed by atoms with Crippen molar-refractivity contribution in [1.82, 2.24) is 15.2 Å². The first kappa shape index (κ1) is 14.5. The van der Waals surface area contributed by atoms with Crippen molar-refractivity contribution >= 4 is 16.9 Å². The molecule has 3 rings (SSSR count). The molecule has 0 aliphatic carbocycles. The van der Waals surface area contributed by atoms with E-state index in [1.54, 1.807) is 7.05 Å². The van der Waals surface area contributed by atoms with Gasteiger partial charge in [-0.05, 0) is 24.6 Å². The summed E-state index contributed by atoms with van der Waals surface area (Å²) in [5, 5.41) is 12.4. The van der Waals surface area contributed by atoms with Crippen LogP contribution in [-0.2, 0) is 6.54 Å². The maximum atomic E-state index is 13.6. The molecule has 8 heteroatoms. The number of pyridine rings is 1. The van der Waals surface area contributed by atoms with E-state index in [4.69, 9.17) is 5.11 Å². The normalized spacial score (nSPS) is 17.6. The van der Waals surface area contributed by atoms with Crippen LogP contribution in [0.4, 0.5) is 13.6 Å². The standard InChI is InChI=1S/C14H13F2N3O3/c1-17-10-4-19(14(21)22)5-11-12(10)6-2-8(15)9(16)3-7(6)13(20)18-11/h2-3,10,17H,4-5H2,1H3,(H,18,20)(H,21,22). The van der Waals surface area contributed by atoms with E-state index in [2.05, 4.69) is 10.3 Å². The summed E-state index contributed by atoms with van der Waals surface area (Å²) in [6.07, 6.45) is -1.11. The van der Waals surface area contributed by atoms with Gasteiger partial charge in [-0.2, -0.15) is 0 Å². The van der Waals surface area contributed by atoms with Crippen LogP contribution in [-0.4, -0.2) is 34.7 Å². The number of amides is 1. The smallest absolute Gasteiger partial charge is 0.407 e. The van der Waals surface area contributed by atoms with Crippen LogP contribution in [0.5, 0.6) is 0 Å². The highest BCUT2D eigenvalue weighted by atomic mass is 19.2. The largest absolute Gasteiger partial charge is 0.465 e.